The van der Waals surface area contributed by atoms with Gasteiger partial charge in [0.15, 0.2) is 0 Å². The lowest BCUT2D eigenvalue weighted by atomic mass is 10.4. The van der Waals surface area contributed by atoms with E-state index in [1.54, 1.807) is 18.3 Å². The summed E-state index contributed by atoms with van der Waals surface area (Å²) in [6, 6.07) is 5.94. The molecule has 0 spiro atoms. The minimum atomic E-state index is -3.76. The molecule has 2 rings (SSSR count). The van der Waals surface area contributed by atoms with Gasteiger partial charge in [0.1, 0.15) is 4.90 Å². The van der Waals surface area contributed by atoms with Gasteiger partial charge in [-0.05, 0) is 40.2 Å². The molecule has 19 heavy (non-hydrogen) atoms. The topological polar surface area (TPSA) is 59.1 Å². The number of anilines is 1. The Morgan fingerprint density at radius 3 is 2.53 bits per heavy atom. The molecule has 1 heterocycles. The Bertz CT molecular complexity index is 708. The molecule has 0 unspecified atom stereocenters. The smallest absolute Gasteiger partial charge is 0.263 e. The van der Waals surface area contributed by atoms with Crippen LogP contribution < -0.4 is 4.72 Å². The van der Waals surface area contributed by atoms with Crippen LogP contribution in [0.4, 0.5) is 5.69 Å². The lowest BCUT2D eigenvalue weighted by molar-refractivity contribution is 0.600. The molecule has 0 saturated heterocycles. The van der Waals surface area contributed by atoms with Crippen LogP contribution in [0.25, 0.3) is 0 Å². The number of pyridine rings is 1. The number of benzene rings is 1. The lowest BCUT2D eigenvalue weighted by Gasteiger charge is -2.10. The Morgan fingerprint density at radius 2 is 1.89 bits per heavy atom. The molecule has 0 aliphatic rings. The van der Waals surface area contributed by atoms with E-state index < -0.39 is 10.0 Å². The first-order valence-corrected chi connectivity index (χ1v) is 8.01. The van der Waals surface area contributed by atoms with Gasteiger partial charge in [-0.2, -0.15) is 0 Å². The highest BCUT2D eigenvalue weighted by Crippen LogP contribution is 2.32. The van der Waals surface area contributed by atoms with Crippen molar-refractivity contribution in [2.45, 2.75) is 4.90 Å². The molecule has 1 N–H and O–H groups in total. The number of aromatic nitrogens is 1. The molecular formula is C11H7BrCl2N2O2S. The van der Waals surface area contributed by atoms with E-state index in [-0.39, 0.29) is 14.9 Å². The molecule has 0 bridgehead atoms. The van der Waals surface area contributed by atoms with Crippen LogP contribution >= 0.6 is 39.1 Å². The number of sulfonamides is 1. The largest absolute Gasteiger partial charge is 0.278 e. The maximum absolute atomic E-state index is 12.2. The van der Waals surface area contributed by atoms with Crippen molar-refractivity contribution in [1.82, 2.24) is 4.98 Å². The second kappa shape index (κ2) is 5.66. The van der Waals surface area contributed by atoms with Gasteiger partial charge in [0.05, 0.1) is 21.9 Å². The fourth-order valence-electron chi connectivity index (χ4n) is 1.34. The summed E-state index contributed by atoms with van der Waals surface area (Å²) >= 11 is 14.8. The molecule has 0 amide bonds. The highest BCUT2D eigenvalue weighted by molar-refractivity contribution is 9.10. The minimum absolute atomic E-state index is 0.00533. The van der Waals surface area contributed by atoms with Gasteiger partial charge in [-0.3, -0.25) is 9.71 Å². The summed E-state index contributed by atoms with van der Waals surface area (Å²) in [5, 5.41) is 0.435. The summed E-state index contributed by atoms with van der Waals surface area (Å²) in [6.45, 7) is 0. The Morgan fingerprint density at radius 1 is 1.21 bits per heavy atom. The number of rotatable bonds is 3. The van der Waals surface area contributed by atoms with Crippen molar-refractivity contribution in [2.24, 2.45) is 0 Å². The lowest BCUT2D eigenvalue weighted by Crippen LogP contribution is -2.13. The zero-order valence-electron chi connectivity index (χ0n) is 9.27. The summed E-state index contributed by atoms with van der Waals surface area (Å²) in [7, 11) is -3.76. The zero-order chi connectivity index (χ0) is 14.0. The van der Waals surface area contributed by atoms with E-state index >= 15 is 0 Å². The molecule has 1 aromatic heterocycles. The third kappa shape index (κ3) is 3.39. The molecule has 0 fully saturated rings. The molecule has 100 valence electrons. The summed E-state index contributed by atoms with van der Waals surface area (Å²) in [6.07, 6.45) is 2.95. The summed E-state index contributed by atoms with van der Waals surface area (Å²) in [5.41, 5.74) is 0.362. The van der Waals surface area contributed by atoms with Crippen molar-refractivity contribution < 1.29 is 8.42 Å². The van der Waals surface area contributed by atoms with E-state index in [4.69, 9.17) is 23.2 Å². The SMILES string of the molecule is O=S(=O)(Nc1cccnc1)c1cc(Cl)c(Cl)cc1Br. The Kier molecular flexibility index (Phi) is 4.35. The van der Waals surface area contributed by atoms with Crippen molar-refractivity contribution in [3.05, 3.63) is 51.2 Å². The number of nitrogens with zero attached hydrogens (tertiary/aromatic N) is 1. The van der Waals surface area contributed by atoms with Crippen LogP contribution in [0.5, 0.6) is 0 Å². The monoisotopic (exact) mass is 380 g/mol. The van der Waals surface area contributed by atoms with Crippen LogP contribution in [0.1, 0.15) is 0 Å². The molecular weight excluding hydrogens is 375 g/mol. The molecule has 0 radical (unpaired) electrons. The van der Waals surface area contributed by atoms with Gasteiger partial charge in [-0.25, -0.2) is 8.42 Å². The van der Waals surface area contributed by atoms with Gasteiger partial charge >= 0.3 is 0 Å². The minimum Gasteiger partial charge on any atom is -0.278 e. The maximum atomic E-state index is 12.2. The third-order valence-electron chi connectivity index (χ3n) is 2.18. The van der Waals surface area contributed by atoms with E-state index in [0.717, 1.165) is 0 Å². The van der Waals surface area contributed by atoms with Crippen LogP contribution in [0.15, 0.2) is 46.0 Å². The molecule has 0 aliphatic carbocycles. The first kappa shape index (κ1) is 14.6. The van der Waals surface area contributed by atoms with Gasteiger partial charge in [-0.1, -0.05) is 23.2 Å². The zero-order valence-corrected chi connectivity index (χ0v) is 13.2. The van der Waals surface area contributed by atoms with Crippen LogP contribution in [0.2, 0.25) is 10.0 Å². The fourth-order valence-corrected chi connectivity index (χ4v) is 3.98. The molecule has 0 atom stereocenters. The van der Waals surface area contributed by atoms with E-state index in [2.05, 4.69) is 25.6 Å². The summed E-state index contributed by atoms with van der Waals surface area (Å²) in [5.74, 6) is 0. The molecule has 8 heteroatoms. The van der Waals surface area contributed by atoms with E-state index in [1.165, 1.54) is 18.3 Å². The maximum Gasteiger partial charge on any atom is 0.263 e. The summed E-state index contributed by atoms with van der Waals surface area (Å²) < 4.78 is 27.2. The van der Waals surface area contributed by atoms with Gasteiger partial charge in [0.25, 0.3) is 10.0 Å². The van der Waals surface area contributed by atoms with Crippen LogP contribution in [0.3, 0.4) is 0 Å². The molecule has 0 aliphatic heterocycles. The molecule has 0 saturated carbocycles. The van der Waals surface area contributed by atoms with Crippen molar-refractivity contribution in [1.29, 1.82) is 0 Å². The Balaban J connectivity index is 2.43. The van der Waals surface area contributed by atoms with Gasteiger partial charge in [0.2, 0.25) is 0 Å². The quantitative estimate of drug-likeness (QED) is 0.818. The highest BCUT2D eigenvalue weighted by Gasteiger charge is 2.19. The molecule has 1 aromatic carbocycles. The standard InChI is InChI=1S/C11H7BrCl2N2O2S/c12-8-4-9(13)10(14)5-11(8)19(17,18)16-7-2-1-3-15-6-7/h1-6,16H. The Hall–Kier alpha value is -0.820. The van der Waals surface area contributed by atoms with Gasteiger partial charge in [-0.15, -0.1) is 0 Å². The molecule has 2 aromatic rings. The average molecular weight is 382 g/mol. The number of halogens is 3. The third-order valence-corrected chi connectivity index (χ3v) is 5.24. The Labute approximate surface area is 128 Å². The first-order chi connectivity index (χ1) is 8.90. The first-order valence-electron chi connectivity index (χ1n) is 4.97. The van der Waals surface area contributed by atoms with Crippen molar-refractivity contribution in [3.8, 4) is 0 Å². The average Bonchev–Trinajstić information content (AvgIpc) is 2.34. The van der Waals surface area contributed by atoms with E-state index in [0.29, 0.717) is 10.2 Å². The van der Waals surface area contributed by atoms with E-state index in [1.807, 2.05) is 0 Å². The normalized spacial score (nSPS) is 11.3. The van der Waals surface area contributed by atoms with Crippen LogP contribution in [-0.4, -0.2) is 13.4 Å². The number of hydrogen-bond acceptors (Lipinski definition) is 3. The van der Waals surface area contributed by atoms with Crippen LogP contribution in [-0.2, 0) is 10.0 Å². The number of nitrogens with one attached hydrogen (secondary N) is 1. The van der Waals surface area contributed by atoms with Gasteiger partial charge < -0.3 is 0 Å². The summed E-state index contributed by atoms with van der Waals surface area (Å²) in [4.78, 5) is 3.84. The second-order valence-corrected chi connectivity index (χ2v) is 6.86. The fraction of sp³-hybridized carbons (Fsp3) is 0. The second-order valence-electron chi connectivity index (χ2n) is 3.54. The van der Waals surface area contributed by atoms with Crippen molar-refractivity contribution in [2.75, 3.05) is 4.72 Å². The van der Waals surface area contributed by atoms with Crippen molar-refractivity contribution >= 4 is 54.8 Å². The predicted octanol–water partition coefficient (Wildman–Crippen LogP) is 3.95. The highest BCUT2D eigenvalue weighted by atomic mass is 79.9. The number of hydrogen-bond donors (Lipinski definition) is 1. The van der Waals surface area contributed by atoms with Gasteiger partial charge in [0, 0.05) is 10.7 Å². The molecule has 4 nitrogen and oxygen atoms in total. The van der Waals surface area contributed by atoms with Crippen LogP contribution in [0, 0.1) is 0 Å². The predicted molar refractivity (Wildman–Crippen MR) is 79.2 cm³/mol. The van der Waals surface area contributed by atoms with E-state index in [9.17, 15) is 8.42 Å². The van der Waals surface area contributed by atoms with Crippen molar-refractivity contribution in [3.63, 3.8) is 0 Å².